The maximum Gasteiger partial charge on any atom is 0.332 e. The lowest BCUT2D eigenvalue weighted by atomic mass is 10.2. The minimum absolute atomic E-state index is 0.0658. The normalized spacial score (nSPS) is 20.2. The van der Waals surface area contributed by atoms with E-state index in [0.717, 1.165) is 47.7 Å². The van der Waals surface area contributed by atoms with E-state index in [2.05, 4.69) is 5.32 Å². The Kier molecular flexibility index (Phi) is 4.53. The first-order chi connectivity index (χ1) is 12.1. The van der Waals surface area contributed by atoms with Crippen molar-refractivity contribution in [3.63, 3.8) is 0 Å². The summed E-state index contributed by atoms with van der Waals surface area (Å²) in [5.41, 5.74) is 6.20. The van der Waals surface area contributed by atoms with Crippen molar-refractivity contribution in [1.82, 2.24) is 14.5 Å². The molecule has 2 aromatic rings. The minimum Gasteiger partial charge on any atom is -0.376 e. The van der Waals surface area contributed by atoms with Gasteiger partial charge in [0, 0.05) is 37.2 Å². The third kappa shape index (κ3) is 2.97. The zero-order valence-electron chi connectivity index (χ0n) is 14.4. The SMILES string of the molecule is Cc1c(CNCCN)sc2c1c(=O)n(C1CC1)c(=O)n2CC1CCO1. The van der Waals surface area contributed by atoms with Crippen LogP contribution < -0.4 is 22.3 Å². The average molecular weight is 364 g/mol. The summed E-state index contributed by atoms with van der Waals surface area (Å²) < 4.78 is 8.77. The van der Waals surface area contributed by atoms with E-state index in [1.807, 2.05) is 6.92 Å². The lowest BCUT2D eigenvalue weighted by Gasteiger charge is -2.27. The van der Waals surface area contributed by atoms with E-state index in [0.29, 0.717) is 25.0 Å². The summed E-state index contributed by atoms with van der Waals surface area (Å²) in [6.07, 6.45) is 2.86. The Morgan fingerprint density at radius 1 is 1.32 bits per heavy atom. The van der Waals surface area contributed by atoms with Crippen LogP contribution in [0.1, 0.15) is 35.7 Å². The van der Waals surface area contributed by atoms with Crippen molar-refractivity contribution in [3.05, 3.63) is 31.3 Å². The molecule has 1 aliphatic heterocycles. The monoisotopic (exact) mass is 364 g/mol. The lowest BCUT2D eigenvalue weighted by molar-refractivity contribution is -0.0593. The third-order valence-corrected chi connectivity index (χ3v) is 6.35. The van der Waals surface area contributed by atoms with Gasteiger partial charge in [-0.15, -0.1) is 11.3 Å². The van der Waals surface area contributed by atoms with Crippen LogP contribution >= 0.6 is 11.3 Å². The van der Waals surface area contributed by atoms with Crippen LogP contribution in [0.2, 0.25) is 0 Å². The van der Waals surface area contributed by atoms with Crippen LogP contribution in [0, 0.1) is 6.92 Å². The van der Waals surface area contributed by atoms with Gasteiger partial charge in [-0.05, 0) is 31.7 Å². The van der Waals surface area contributed by atoms with Crippen molar-refractivity contribution in [2.75, 3.05) is 19.7 Å². The van der Waals surface area contributed by atoms with Crippen LogP contribution in [-0.2, 0) is 17.8 Å². The topological polar surface area (TPSA) is 91.3 Å². The Hall–Kier alpha value is -1.48. The molecule has 7 nitrogen and oxygen atoms in total. The fraction of sp³-hybridized carbons (Fsp3) is 0.647. The molecule has 1 aliphatic carbocycles. The summed E-state index contributed by atoms with van der Waals surface area (Å²) in [6, 6.07) is 0.0658. The Labute approximate surface area is 149 Å². The maximum absolute atomic E-state index is 13.0. The highest BCUT2D eigenvalue weighted by molar-refractivity contribution is 7.18. The van der Waals surface area contributed by atoms with E-state index < -0.39 is 0 Å². The zero-order valence-corrected chi connectivity index (χ0v) is 15.2. The molecule has 0 radical (unpaired) electrons. The molecule has 3 N–H and O–H groups in total. The van der Waals surface area contributed by atoms with Crippen LogP contribution in [-0.4, -0.2) is 34.9 Å². The van der Waals surface area contributed by atoms with E-state index in [1.54, 1.807) is 4.57 Å². The molecule has 1 saturated carbocycles. The molecule has 0 spiro atoms. The van der Waals surface area contributed by atoms with E-state index >= 15 is 0 Å². The molecule has 3 heterocycles. The first kappa shape index (κ1) is 17.0. The van der Waals surface area contributed by atoms with Crippen molar-refractivity contribution in [3.8, 4) is 0 Å². The molecule has 25 heavy (non-hydrogen) atoms. The number of fused-ring (bicyclic) bond motifs is 1. The summed E-state index contributed by atoms with van der Waals surface area (Å²) >= 11 is 1.54. The van der Waals surface area contributed by atoms with Gasteiger partial charge in [-0.25, -0.2) is 4.79 Å². The third-order valence-electron chi connectivity index (χ3n) is 5.04. The van der Waals surface area contributed by atoms with Gasteiger partial charge in [0.15, 0.2) is 0 Å². The number of nitrogens with zero attached hydrogens (tertiary/aromatic N) is 2. The fourth-order valence-electron chi connectivity index (χ4n) is 3.33. The number of hydrogen-bond donors (Lipinski definition) is 2. The number of aryl methyl sites for hydroxylation is 1. The van der Waals surface area contributed by atoms with Crippen LogP contribution in [0.3, 0.4) is 0 Å². The number of thiophene rings is 1. The molecule has 1 saturated heterocycles. The molecular weight excluding hydrogens is 340 g/mol. The highest BCUT2D eigenvalue weighted by atomic mass is 32.1. The summed E-state index contributed by atoms with van der Waals surface area (Å²) in [5.74, 6) is 0. The molecular formula is C17H24N4O3S. The first-order valence-electron chi connectivity index (χ1n) is 8.91. The Bertz CT molecular complexity index is 905. The summed E-state index contributed by atoms with van der Waals surface area (Å²) in [5, 5.41) is 3.98. The quantitative estimate of drug-likeness (QED) is 0.706. The van der Waals surface area contributed by atoms with E-state index in [-0.39, 0.29) is 23.4 Å². The van der Waals surface area contributed by atoms with Crippen LogP contribution in [0.5, 0.6) is 0 Å². The van der Waals surface area contributed by atoms with Crippen molar-refractivity contribution in [1.29, 1.82) is 0 Å². The van der Waals surface area contributed by atoms with Gasteiger partial charge < -0.3 is 15.8 Å². The number of nitrogens with one attached hydrogen (secondary N) is 1. The van der Waals surface area contributed by atoms with Gasteiger partial charge in [0.05, 0.1) is 18.0 Å². The maximum atomic E-state index is 13.0. The van der Waals surface area contributed by atoms with Gasteiger partial charge in [-0.3, -0.25) is 13.9 Å². The largest absolute Gasteiger partial charge is 0.376 e. The predicted molar refractivity (Wildman–Crippen MR) is 98.5 cm³/mol. The molecule has 0 bridgehead atoms. The summed E-state index contributed by atoms with van der Waals surface area (Å²) in [6.45, 7) is 5.22. The molecule has 0 aromatic carbocycles. The van der Waals surface area contributed by atoms with Crippen LogP contribution in [0.25, 0.3) is 10.2 Å². The number of hydrogen-bond acceptors (Lipinski definition) is 6. The molecule has 0 amide bonds. The standard InChI is InChI=1S/C17H24N4O3S/c1-10-13(8-19-6-5-18)25-16-14(10)15(22)21(11-2-3-11)17(23)20(16)9-12-4-7-24-12/h11-12,19H,2-9,18H2,1H3. The highest BCUT2D eigenvalue weighted by Gasteiger charge is 2.31. The lowest BCUT2D eigenvalue weighted by Crippen LogP contribution is -2.43. The van der Waals surface area contributed by atoms with Crippen molar-refractivity contribution in [2.45, 2.75) is 51.4 Å². The zero-order chi connectivity index (χ0) is 17.6. The fourth-order valence-corrected chi connectivity index (χ4v) is 4.60. The minimum atomic E-state index is -0.182. The first-order valence-corrected chi connectivity index (χ1v) is 9.73. The van der Waals surface area contributed by atoms with Gasteiger partial charge in [-0.2, -0.15) is 0 Å². The Morgan fingerprint density at radius 3 is 2.68 bits per heavy atom. The molecule has 1 unspecified atom stereocenters. The van der Waals surface area contributed by atoms with Gasteiger partial charge in [-0.1, -0.05) is 0 Å². The van der Waals surface area contributed by atoms with Gasteiger partial charge >= 0.3 is 5.69 Å². The number of aromatic nitrogens is 2. The van der Waals surface area contributed by atoms with Crippen molar-refractivity contribution in [2.24, 2.45) is 5.73 Å². The summed E-state index contributed by atoms with van der Waals surface area (Å²) in [4.78, 5) is 27.9. The van der Waals surface area contributed by atoms with Crippen molar-refractivity contribution >= 4 is 21.6 Å². The van der Waals surface area contributed by atoms with E-state index in [1.165, 1.54) is 15.9 Å². The second-order valence-corrected chi connectivity index (χ2v) is 7.96. The van der Waals surface area contributed by atoms with Gasteiger partial charge in [0.25, 0.3) is 5.56 Å². The van der Waals surface area contributed by atoms with Gasteiger partial charge in [0.2, 0.25) is 0 Å². The number of rotatable bonds is 7. The van der Waals surface area contributed by atoms with Crippen LogP contribution in [0.15, 0.2) is 9.59 Å². The second kappa shape index (κ2) is 6.68. The molecule has 2 aromatic heterocycles. The smallest absolute Gasteiger partial charge is 0.332 e. The molecule has 4 rings (SSSR count). The average Bonchev–Trinajstić information content (AvgIpc) is 3.31. The Balaban J connectivity index is 1.86. The predicted octanol–water partition coefficient (Wildman–Crippen LogP) is 0.705. The number of nitrogens with two attached hydrogens (primary N) is 1. The van der Waals surface area contributed by atoms with E-state index in [4.69, 9.17) is 10.5 Å². The molecule has 136 valence electrons. The molecule has 2 aliphatic rings. The van der Waals surface area contributed by atoms with Crippen LogP contribution in [0.4, 0.5) is 0 Å². The van der Waals surface area contributed by atoms with E-state index in [9.17, 15) is 9.59 Å². The number of ether oxygens (including phenoxy) is 1. The summed E-state index contributed by atoms with van der Waals surface area (Å²) in [7, 11) is 0. The molecule has 2 fully saturated rings. The van der Waals surface area contributed by atoms with Gasteiger partial charge in [0.1, 0.15) is 4.83 Å². The van der Waals surface area contributed by atoms with Crippen molar-refractivity contribution < 1.29 is 4.74 Å². The molecule has 8 heteroatoms. The second-order valence-electron chi connectivity index (χ2n) is 6.88. The Morgan fingerprint density at radius 2 is 2.08 bits per heavy atom. The highest BCUT2D eigenvalue weighted by Crippen LogP contribution is 2.34. The molecule has 1 atom stereocenters.